The number of rotatable bonds is 7. The second-order valence-electron chi connectivity index (χ2n) is 7.29. The average Bonchev–Trinajstić information content (AvgIpc) is 3.00. The molecule has 1 atom stereocenters. The third kappa shape index (κ3) is 5.76. The van der Waals surface area contributed by atoms with Gasteiger partial charge in [0.1, 0.15) is 11.3 Å². The first-order valence-electron chi connectivity index (χ1n) is 9.01. The summed E-state index contributed by atoms with van der Waals surface area (Å²) in [6.45, 7) is 5.38. The maximum Gasteiger partial charge on any atom is 0.407 e. The normalized spacial score (nSPS) is 12.4. The van der Waals surface area contributed by atoms with Crippen molar-refractivity contribution in [3.8, 4) is 11.3 Å². The van der Waals surface area contributed by atoms with Crippen LogP contribution in [0.3, 0.4) is 0 Å². The molecule has 2 aromatic heterocycles. The Morgan fingerprint density at radius 2 is 2.03 bits per heavy atom. The summed E-state index contributed by atoms with van der Waals surface area (Å²) in [5.41, 5.74) is -0.277. The average molecular weight is 487 g/mol. The van der Waals surface area contributed by atoms with E-state index in [2.05, 4.69) is 31.3 Å². The number of esters is 1. The molecule has 0 spiro atoms. The van der Waals surface area contributed by atoms with Crippen LogP contribution in [-0.2, 0) is 14.2 Å². The monoisotopic (exact) mass is 486 g/mol. The molecular formula is C19H24BrFN4O5. The number of carbonyl (C=O) groups excluding carboxylic acids is 2. The molecule has 11 heteroatoms. The van der Waals surface area contributed by atoms with Gasteiger partial charge in [-0.15, -0.1) is 0 Å². The van der Waals surface area contributed by atoms with Crippen molar-refractivity contribution in [1.82, 2.24) is 20.1 Å². The van der Waals surface area contributed by atoms with E-state index in [-0.39, 0.29) is 34.6 Å². The van der Waals surface area contributed by atoms with Crippen molar-refractivity contribution in [1.29, 1.82) is 0 Å². The smallest absolute Gasteiger partial charge is 0.407 e. The highest BCUT2D eigenvalue weighted by Crippen LogP contribution is 2.33. The molecule has 0 radical (unpaired) electrons. The Hall–Kier alpha value is -2.53. The van der Waals surface area contributed by atoms with E-state index in [1.807, 2.05) is 0 Å². The topological polar surface area (TPSA) is 105 Å². The van der Waals surface area contributed by atoms with E-state index >= 15 is 0 Å². The predicted molar refractivity (Wildman–Crippen MR) is 110 cm³/mol. The van der Waals surface area contributed by atoms with Gasteiger partial charge >= 0.3 is 12.1 Å². The number of pyridine rings is 1. The second kappa shape index (κ2) is 9.98. The highest BCUT2D eigenvalue weighted by Gasteiger charge is 2.29. The van der Waals surface area contributed by atoms with Gasteiger partial charge in [0.2, 0.25) is 0 Å². The minimum atomic E-state index is -0.687. The molecule has 0 unspecified atom stereocenters. The van der Waals surface area contributed by atoms with E-state index in [9.17, 15) is 14.0 Å². The molecule has 2 aromatic rings. The number of nitrogens with zero attached hydrogens (tertiary/aromatic N) is 3. The van der Waals surface area contributed by atoms with E-state index in [1.54, 1.807) is 20.8 Å². The Morgan fingerprint density at radius 1 is 1.33 bits per heavy atom. The second-order valence-corrected chi connectivity index (χ2v) is 8.09. The van der Waals surface area contributed by atoms with Crippen LogP contribution in [0.4, 0.5) is 9.18 Å². The van der Waals surface area contributed by atoms with Crippen LogP contribution in [0.15, 0.2) is 22.9 Å². The molecule has 2 heterocycles. The minimum Gasteiger partial charge on any atom is -0.464 e. The number of carbonyl (C=O) groups is 2. The van der Waals surface area contributed by atoms with Crippen LogP contribution < -0.4 is 5.32 Å². The first kappa shape index (κ1) is 23.7. The quantitative estimate of drug-likeness (QED) is 0.598. The molecule has 0 aliphatic carbocycles. The van der Waals surface area contributed by atoms with Gasteiger partial charge in [-0.3, -0.25) is 4.98 Å². The Balaban J connectivity index is 2.44. The Labute approximate surface area is 182 Å². The molecule has 0 saturated carbocycles. The van der Waals surface area contributed by atoms with E-state index < -0.39 is 29.5 Å². The van der Waals surface area contributed by atoms with Gasteiger partial charge in [0.25, 0.3) is 0 Å². The van der Waals surface area contributed by atoms with Crippen LogP contribution in [0.5, 0.6) is 0 Å². The molecule has 1 N–H and O–H groups in total. The number of aromatic nitrogens is 3. The summed E-state index contributed by atoms with van der Waals surface area (Å²) < 4.78 is 31.2. The maximum absolute atomic E-state index is 14.3. The van der Waals surface area contributed by atoms with Gasteiger partial charge in [-0.1, -0.05) is 0 Å². The summed E-state index contributed by atoms with van der Waals surface area (Å²) in [5.74, 6) is -1.29. The molecule has 1 amide bonds. The SMILES string of the molecule is COC[C@@H](CNC(=O)OC(C)(C)C)n1nc(-c2ccncc2F)c(Br)c1C(=O)OC. The van der Waals surface area contributed by atoms with Crippen LogP contribution in [-0.4, -0.2) is 59.8 Å². The van der Waals surface area contributed by atoms with Gasteiger partial charge in [-0.05, 0) is 42.8 Å². The number of nitrogens with one attached hydrogen (secondary N) is 1. The van der Waals surface area contributed by atoms with Crippen LogP contribution >= 0.6 is 15.9 Å². The largest absolute Gasteiger partial charge is 0.464 e. The Morgan fingerprint density at radius 3 is 2.60 bits per heavy atom. The lowest BCUT2D eigenvalue weighted by molar-refractivity contribution is 0.0504. The Bertz CT molecular complexity index is 913. The van der Waals surface area contributed by atoms with Crippen molar-refractivity contribution in [2.24, 2.45) is 0 Å². The van der Waals surface area contributed by atoms with Crippen molar-refractivity contribution in [3.05, 3.63) is 34.4 Å². The van der Waals surface area contributed by atoms with Crippen molar-refractivity contribution in [2.45, 2.75) is 32.4 Å². The lowest BCUT2D eigenvalue weighted by Crippen LogP contribution is -2.38. The number of ether oxygens (including phenoxy) is 3. The zero-order valence-corrected chi connectivity index (χ0v) is 18.9. The van der Waals surface area contributed by atoms with Gasteiger partial charge < -0.3 is 19.5 Å². The van der Waals surface area contributed by atoms with E-state index in [0.29, 0.717) is 0 Å². The molecule has 164 valence electrons. The fraction of sp³-hybridized carbons (Fsp3) is 0.474. The predicted octanol–water partition coefficient (Wildman–Crippen LogP) is 3.35. The van der Waals surface area contributed by atoms with Crippen LogP contribution in [0.1, 0.15) is 37.3 Å². The number of hydrogen-bond acceptors (Lipinski definition) is 7. The first-order valence-corrected chi connectivity index (χ1v) is 9.80. The van der Waals surface area contributed by atoms with Crippen molar-refractivity contribution in [3.63, 3.8) is 0 Å². The number of amides is 1. The van der Waals surface area contributed by atoms with Gasteiger partial charge in [-0.2, -0.15) is 5.10 Å². The maximum atomic E-state index is 14.3. The van der Waals surface area contributed by atoms with E-state index in [4.69, 9.17) is 14.2 Å². The molecule has 0 aromatic carbocycles. The number of alkyl carbamates (subject to hydrolysis) is 1. The third-order valence-corrected chi connectivity index (χ3v) is 4.60. The molecule has 0 aliphatic rings. The van der Waals surface area contributed by atoms with Gasteiger partial charge in [0.05, 0.1) is 30.4 Å². The van der Waals surface area contributed by atoms with Crippen LogP contribution in [0, 0.1) is 5.82 Å². The highest BCUT2D eigenvalue weighted by molar-refractivity contribution is 9.10. The fourth-order valence-corrected chi connectivity index (χ4v) is 3.26. The van der Waals surface area contributed by atoms with Gasteiger partial charge in [0.15, 0.2) is 11.5 Å². The summed E-state index contributed by atoms with van der Waals surface area (Å²) >= 11 is 3.33. The first-order chi connectivity index (χ1) is 14.1. The highest BCUT2D eigenvalue weighted by atomic mass is 79.9. The number of methoxy groups -OCH3 is 2. The summed E-state index contributed by atoms with van der Waals surface area (Å²) in [4.78, 5) is 28.2. The molecule has 0 aliphatic heterocycles. The van der Waals surface area contributed by atoms with E-state index in [1.165, 1.54) is 31.2 Å². The summed E-state index contributed by atoms with van der Waals surface area (Å²) in [6.07, 6.45) is 1.84. The van der Waals surface area contributed by atoms with Gasteiger partial charge in [0, 0.05) is 25.4 Å². The summed E-state index contributed by atoms with van der Waals surface area (Å²) in [6, 6.07) is 0.838. The van der Waals surface area contributed by atoms with Gasteiger partial charge in [-0.25, -0.2) is 18.7 Å². The molecule has 9 nitrogen and oxygen atoms in total. The number of hydrogen-bond donors (Lipinski definition) is 1. The zero-order valence-electron chi connectivity index (χ0n) is 17.4. The lowest BCUT2D eigenvalue weighted by atomic mass is 10.2. The van der Waals surface area contributed by atoms with Crippen LogP contribution in [0.2, 0.25) is 0 Å². The lowest BCUT2D eigenvalue weighted by Gasteiger charge is -2.22. The molecule has 0 bridgehead atoms. The van der Waals surface area contributed by atoms with E-state index in [0.717, 1.165) is 6.20 Å². The Kier molecular flexibility index (Phi) is 7.90. The summed E-state index contributed by atoms with van der Waals surface area (Å²) in [5, 5.41) is 7.04. The fourth-order valence-electron chi connectivity index (χ4n) is 2.62. The van der Waals surface area contributed by atoms with Crippen molar-refractivity contribution in [2.75, 3.05) is 27.4 Å². The molecule has 2 rings (SSSR count). The van der Waals surface area contributed by atoms with Crippen molar-refractivity contribution < 1.29 is 28.2 Å². The standard InChI is InChI=1S/C19H24BrFN4O5/c1-19(2,3)30-18(27)23-8-11(10-28-4)25-16(17(26)29-5)14(20)15(24-25)12-6-7-22-9-13(12)21/h6-7,9,11H,8,10H2,1-5H3,(H,23,27)/t11-/m1/s1. The van der Waals surface area contributed by atoms with Crippen LogP contribution in [0.25, 0.3) is 11.3 Å². The van der Waals surface area contributed by atoms with Crippen molar-refractivity contribution >= 4 is 28.0 Å². The molecule has 30 heavy (non-hydrogen) atoms. The number of halogens is 2. The third-order valence-electron chi connectivity index (χ3n) is 3.84. The molecular weight excluding hydrogens is 463 g/mol. The minimum absolute atomic E-state index is 0.0408. The zero-order chi connectivity index (χ0) is 22.5. The molecule has 0 fully saturated rings. The molecule has 0 saturated heterocycles. The summed E-state index contributed by atoms with van der Waals surface area (Å²) in [7, 11) is 2.70.